The van der Waals surface area contributed by atoms with E-state index in [0.29, 0.717) is 11.9 Å². The van der Waals surface area contributed by atoms with Gasteiger partial charge in [0.1, 0.15) is 0 Å². The van der Waals surface area contributed by atoms with Crippen LogP contribution in [0.5, 0.6) is 0 Å². The Morgan fingerprint density at radius 1 is 0.857 bits per heavy atom. The summed E-state index contributed by atoms with van der Waals surface area (Å²) in [4.78, 5) is 15.3. The lowest BCUT2D eigenvalue weighted by Crippen LogP contribution is -2.43. The second-order valence-corrected chi connectivity index (χ2v) is 8.74. The molecule has 0 unspecified atom stereocenters. The maximum absolute atomic E-state index is 12.8. The first-order valence-corrected chi connectivity index (χ1v) is 11.3. The quantitative estimate of drug-likeness (QED) is 0.785. The fourth-order valence-electron chi connectivity index (χ4n) is 4.94. The maximum atomic E-state index is 12.8. The van der Waals surface area contributed by atoms with Gasteiger partial charge in [-0.3, -0.25) is 9.69 Å². The van der Waals surface area contributed by atoms with Crippen LogP contribution in [0, 0.1) is 5.92 Å². The Morgan fingerprint density at radius 3 is 2.32 bits per heavy atom. The van der Waals surface area contributed by atoms with Crippen LogP contribution < -0.4 is 5.32 Å². The fraction of sp³-hybridized carbons (Fsp3) is 0.560. The summed E-state index contributed by atoms with van der Waals surface area (Å²) in [6.45, 7) is 3.02. The number of rotatable bonds is 4. The van der Waals surface area contributed by atoms with Crippen molar-refractivity contribution in [1.29, 1.82) is 0 Å². The lowest BCUT2D eigenvalue weighted by Gasteiger charge is -2.32. The van der Waals surface area contributed by atoms with E-state index in [1.54, 1.807) is 0 Å². The number of carbonyl (C=O) groups is 1. The predicted octanol–water partition coefficient (Wildman–Crippen LogP) is 5.28. The molecule has 1 amide bonds. The highest BCUT2D eigenvalue weighted by atomic mass is 16.1. The van der Waals surface area contributed by atoms with Gasteiger partial charge in [-0.15, -0.1) is 0 Å². The van der Waals surface area contributed by atoms with Crippen LogP contribution in [-0.2, 0) is 11.3 Å². The highest BCUT2D eigenvalue weighted by molar-refractivity contribution is 5.85. The van der Waals surface area contributed by atoms with E-state index in [1.807, 2.05) is 0 Å². The lowest BCUT2D eigenvalue weighted by molar-refractivity contribution is -0.127. The molecule has 0 bridgehead atoms. The highest BCUT2D eigenvalue weighted by Gasteiger charge is 2.26. The molecule has 1 saturated carbocycles. The van der Waals surface area contributed by atoms with Crippen molar-refractivity contribution < 1.29 is 4.79 Å². The number of piperidine rings is 1. The molecular weight excluding hydrogens is 344 g/mol. The van der Waals surface area contributed by atoms with Crippen molar-refractivity contribution in [3.8, 4) is 0 Å². The molecule has 1 aliphatic carbocycles. The number of nitrogens with one attached hydrogen (secondary N) is 1. The van der Waals surface area contributed by atoms with Crippen LogP contribution in [0.25, 0.3) is 10.8 Å². The van der Waals surface area contributed by atoms with Crippen LogP contribution in [0.2, 0.25) is 0 Å². The average molecular weight is 379 g/mol. The van der Waals surface area contributed by atoms with Crippen LogP contribution in [-0.4, -0.2) is 29.9 Å². The van der Waals surface area contributed by atoms with Crippen molar-refractivity contribution in [3.63, 3.8) is 0 Å². The maximum Gasteiger partial charge on any atom is 0.223 e. The predicted molar refractivity (Wildman–Crippen MR) is 116 cm³/mol. The van der Waals surface area contributed by atoms with E-state index in [1.165, 1.54) is 61.3 Å². The molecule has 1 N–H and O–H groups in total. The van der Waals surface area contributed by atoms with Crippen LogP contribution >= 0.6 is 0 Å². The van der Waals surface area contributed by atoms with Gasteiger partial charge in [-0.2, -0.15) is 0 Å². The minimum absolute atomic E-state index is 0.203. The van der Waals surface area contributed by atoms with Gasteiger partial charge in [-0.1, -0.05) is 74.6 Å². The Morgan fingerprint density at radius 2 is 1.54 bits per heavy atom. The summed E-state index contributed by atoms with van der Waals surface area (Å²) >= 11 is 0. The number of benzene rings is 2. The van der Waals surface area contributed by atoms with E-state index >= 15 is 0 Å². The molecule has 3 nitrogen and oxygen atoms in total. The second-order valence-electron chi connectivity index (χ2n) is 8.74. The number of likely N-dealkylation sites (tertiary alicyclic amines) is 1. The van der Waals surface area contributed by atoms with Crippen molar-refractivity contribution in [3.05, 3.63) is 48.0 Å². The molecule has 2 fully saturated rings. The van der Waals surface area contributed by atoms with Crippen LogP contribution in [0.15, 0.2) is 42.5 Å². The zero-order valence-electron chi connectivity index (χ0n) is 17.0. The summed E-state index contributed by atoms with van der Waals surface area (Å²) in [5.74, 6) is 0.518. The largest absolute Gasteiger partial charge is 0.353 e. The molecule has 2 aromatic rings. The first-order chi connectivity index (χ1) is 13.8. The van der Waals surface area contributed by atoms with E-state index in [-0.39, 0.29) is 5.92 Å². The number of hydrogen-bond donors (Lipinski definition) is 1. The Kier molecular flexibility index (Phi) is 6.64. The third-order valence-electron chi connectivity index (χ3n) is 6.68. The van der Waals surface area contributed by atoms with Crippen molar-refractivity contribution in [2.45, 2.75) is 70.4 Å². The summed E-state index contributed by atoms with van der Waals surface area (Å²) in [5.41, 5.74) is 1.40. The second kappa shape index (κ2) is 9.56. The van der Waals surface area contributed by atoms with E-state index in [9.17, 15) is 4.79 Å². The minimum atomic E-state index is 0.203. The Labute approximate surface area is 169 Å². The molecule has 2 aliphatic rings. The normalized spacial score (nSPS) is 20.6. The first-order valence-electron chi connectivity index (χ1n) is 11.3. The third-order valence-corrected chi connectivity index (χ3v) is 6.68. The van der Waals surface area contributed by atoms with Crippen molar-refractivity contribution in [1.82, 2.24) is 10.2 Å². The van der Waals surface area contributed by atoms with Crippen LogP contribution in [0.3, 0.4) is 0 Å². The highest BCUT2D eigenvalue weighted by Crippen LogP contribution is 2.24. The van der Waals surface area contributed by atoms with Gasteiger partial charge in [0, 0.05) is 18.5 Å². The van der Waals surface area contributed by atoms with Gasteiger partial charge < -0.3 is 5.32 Å². The van der Waals surface area contributed by atoms with Gasteiger partial charge in [0.2, 0.25) is 5.91 Å². The van der Waals surface area contributed by atoms with E-state index in [0.717, 1.165) is 32.5 Å². The van der Waals surface area contributed by atoms with Crippen molar-refractivity contribution >= 4 is 16.7 Å². The summed E-state index contributed by atoms with van der Waals surface area (Å²) in [5, 5.41) is 6.06. The molecule has 0 radical (unpaired) electrons. The molecule has 4 rings (SSSR count). The molecule has 1 saturated heterocycles. The number of fused-ring (bicyclic) bond motifs is 1. The summed E-state index contributed by atoms with van der Waals surface area (Å²) in [6.07, 6.45) is 10.9. The summed E-state index contributed by atoms with van der Waals surface area (Å²) in [6, 6.07) is 15.6. The SMILES string of the molecule is O=C(NC1CCCCCCC1)C1CCN(Cc2cccc3ccccc23)CC1. The number of hydrogen-bond acceptors (Lipinski definition) is 2. The fourth-order valence-corrected chi connectivity index (χ4v) is 4.94. The first kappa shape index (κ1) is 19.4. The molecule has 150 valence electrons. The molecule has 0 spiro atoms. The number of carbonyl (C=O) groups excluding carboxylic acids is 1. The van der Waals surface area contributed by atoms with Crippen molar-refractivity contribution in [2.24, 2.45) is 5.92 Å². The topological polar surface area (TPSA) is 32.3 Å². The van der Waals surface area contributed by atoms with Gasteiger partial charge in [0.15, 0.2) is 0 Å². The molecule has 3 heteroatoms. The molecule has 1 heterocycles. The Balaban J connectivity index is 1.28. The summed E-state index contributed by atoms with van der Waals surface area (Å²) in [7, 11) is 0. The molecular formula is C25H34N2O. The van der Waals surface area contributed by atoms with Gasteiger partial charge in [0.25, 0.3) is 0 Å². The average Bonchev–Trinajstić information content (AvgIpc) is 2.71. The van der Waals surface area contributed by atoms with Gasteiger partial charge in [0.05, 0.1) is 0 Å². The Hall–Kier alpha value is -1.87. The molecule has 0 atom stereocenters. The lowest BCUT2D eigenvalue weighted by atomic mass is 9.93. The smallest absolute Gasteiger partial charge is 0.223 e. The monoisotopic (exact) mass is 378 g/mol. The van der Waals surface area contributed by atoms with Gasteiger partial charge in [-0.25, -0.2) is 0 Å². The Bertz CT molecular complexity index is 766. The summed E-state index contributed by atoms with van der Waals surface area (Å²) < 4.78 is 0. The standard InChI is InChI=1S/C25H34N2O/c28-25(26-23-12-4-2-1-3-5-13-23)21-15-17-27(18-16-21)19-22-11-8-10-20-9-6-7-14-24(20)22/h6-11,14,21,23H,1-5,12-13,15-19H2,(H,26,28). The molecule has 28 heavy (non-hydrogen) atoms. The van der Waals surface area contributed by atoms with E-state index < -0.39 is 0 Å². The zero-order chi connectivity index (χ0) is 19.2. The van der Waals surface area contributed by atoms with Crippen LogP contribution in [0.1, 0.15) is 63.4 Å². The van der Waals surface area contributed by atoms with E-state index in [2.05, 4.69) is 52.7 Å². The van der Waals surface area contributed by atoms with Gasteiger partial charge >= 0.3 is 0 Å². The van der Waals surface area contributed by atoms with Crippen LogP contribution in [0.4, 0.5) is 0 Å². The minimum Gasteiger partial charge on any atom is -0.353 e. The molecule has 0 aromatic heterocycles. The van der Waals surface area contributed by atoms with E-state index in [4.69, 9.17) is 0 Å². The third kappa shape index (κ3) is 4.94. The number of amides is 1. The zero-order valence-corrected chi connectivity index (χ0v) is 17.0. The molecule has 1 aliphatic heterocycles. The number of nitrogens with zero attached hydrogens (tertiary/aromatic N) is 1. The molecule has 2 aromatic carbocycles. The van der Waals surface area contributed by atoms with Gasteiger partial charge in [-0.05, 0) is 55.1 Å². The van der Waals surface area contributed by atoms with Crippen molar-refractivity contribution in [2.75, 3.05) is 13.1 Å².